The Kier molecular flexibility index (Phi) is 12.3. The van der Waals surface area contributed by atoms with Gasteiger partial charge in [0.15, 0.2) is 0 Å². The molecular weight excluding hydrogens is 383 g/mol. The molecule has 0 amide bonds. The van der Waals surface area contributed by atoms with Crippen molar-refractivity contribution in [3.63, 3.8) is 0 Å². The molecule has 0 aromatic heterocycles. The highest BCUT2D eigenvalue weighted by molar-refractivity contribution is 6.36. The summed E-state index contributed by atoms with van der Waals surface area (Å²) in [6, 6.07) is 9.51. The largest absolute Gasteiger partial charge is 0.508 e. The van der Waals surface area contributed by atoms with Crippen LogP contribution in [0.1, 0.15) is 62.8 Å². The first-order valence-corrected chi connectivity index (χ1v) is 9.59. The fraction of sp³-hybridized carbons (Fsp3) is 0.318. The molecule has 0 saturated carbocycles. The highest BCUT2D eigenvalue weighted by Crippen LogP contribution is 2.32. The van der Waals surface area contributed by atoms with Gasteiger partial charge in [-0.1, -0.05) is 75.2 Å². The minimum absolute atomic E-state index is 0.250. The molecule has 0 unspecified atom stereocenters. The number of hydrogen-bond donors (Lipinski definition) is 2. The third kappa shape index (κ3) is 8.06. The van der Waals surface area contributed by atoms with Crippen LogP contribution in [0.4, 0.5) is 0 Å². The number of rotatable bonds is 4. The van der Waals surface area contributed by atoms with Crippen LogP contribution >= 0.6 is 23.2 Å². The van der Waals surface area contributed by atoms with Crippen LogP contribution in [0.25, 0.3) is 6.08 Å². The van der Waals surface area contributed by atoms with E-state index < -0.39 is 0 Å². The smallest absolute Gasteiger partial charge is 0.290 e. The maximum absolute atomic E-state index is 9.92. The third-order valence-electron chi connectivity index (χ3n) is 3.62. The third-order valence-corrected chi connectivity index (χ3v) is 4.29. The Hall–Kier alpha value is -1.97. The number of aromatic hydroxyl groups is 1. The first-order chi connectivity index (χ1) is 12.8. The van der Waals surface area contributed by atoms with E-state index in [1.54, 1.807) is 6.07 Å². The van der Waals surface area contributed by atoms with Crippen LogP contribution in [0, 0.1) is 0 Å². The Labute approximate surface area is 172 Å². The molecule has 0 atom stereocenters. The van der Waals surface area contributed by atoms with E-state index in [0.717, 1.165) is 22.3 Å². The van der Waals surface area contributed by atoms with Crippen molar-refractivity contribution >= 4 is 35.8 Å². The second-order valence-electron chi connectivity index (χ2n) is 5.79. The van der Waals surface area contributed by atoms with Crippen molar-refractivity contribution in [3.8, 4) is 5.75 Å². The van der Waals surface area contributed by atoms with E-state index in [1.165, 1.54) is 0 Å². The fourth-order valence-corrected chi connectivity index (χ4v) is 3.10. The van der Waals surface area contributed by atoms with Gasteiger partial charge in [0, 0.05) is 16.5 Å². The molecule has 0 aliphatic carbocycles. The fourth-order valence-electron chi connectivity index (χ4n) is 2.46. The summed E-state index contributed by atoms with van der Waals surface area (Å²) in [5.41, 5.74) is 3.94. The van der Waals surface area contributed by atoms with Crippen molar-refractivity contribution in [1.82, 2.24) is 0 Å². The first kappa shape index (κ1) is 25.0. The molecule has 3 nitrogen and oxygen atoms in total. The van der Waals surface area contributed by atoms with Crippen molar-refractivity contribution in [2.75, 3.05) is 0 Å². The summed E-state index contributed by atoms with van der Waals surface area (Å²) in [6.45, 7) is 9.83. The Morgan fingerprint density at radius 3 is 2.04 bits per heavy atom. The van der Waals surface area contributed by atoms with E-state index in [4.69, 9.17) is 33.1 Å². The summed E-state index contributed by atoms with van der Waals surface area (Å²) < 4.78 is 0. The van der Waals surface area contributed by atoms with Crippen molar-refractivity contribution in [1.29, 1.82) is 0 Å². The van der Waals surface area contributed by atoms with Gasteiger partial charge in [0.2, 0.25) is 0 Å². The number of phenolic OH excluding ortho intramolecular Hbond substituents is 1. The summed E-state index contributed by atoms with van der Waals surface area (Å²) >= 11 is 12.8. The molecule has 0 bridgehead atoms. The number of halogens is 2. The highest BCUT2D eigenvalue weighted by atomic mass is 35.5. The highest BCUT2D eigenvalue weighted by Gasteiger charge is 2.11. The zero-order valence-corrected chi connectivity index (χ0v) is 18.0. The second kappa shape index (κ2) is 13.2. The van der Waals surface area contributed by atoms with E-state index in [9.17, 15) is 5.11 Å². The normalized spacial score (nSPS) is 10.1. The Morgan fingerprint density at radius 1 is 1.07 bits per heavy atom. The van der Waals surface area contributed by atoms with Crippen LogP contribution in [0.2, 0.25) is 10.0 Å². The van der Waals surface area contributed by atoms with Crippen LogP contribution in [0.3, 0.4) is 0 Å². The Bertz CT molecular complexity index is 730. The molecule has 0 fully saturated rings. The molecule has 27 heavy (non-hydrogen) atoms. The number of allylic oxidation sites excluding steroid dienone is 1. The van der Waals surface area contributed by atoms with E-state index in [0.29, 0.717) is 22.2 Å². The van der Waals surface area contributed by atoms with Gasteiger partial charge in [-0.3, -0.25) is 4.79 Å². The minimum atomic E-state index is -0.250. The van der Waals surface area contributed by atoms with Gasteiger partial charge < -0.3 is 10.2 Å². The topological polar surface area (TPSA) is 57.5 Å². The van der Waals surface area contributed by atoms with Crippen LogP contribution in [0.15, 0.2) is 36.4 Å². The average Bonchev–Trinajstić information content (AvgIpc) is 2.62. The van der Waals surface area contributed by atoms with E-state index in [-0.39, 0.29) is 12.4 Å². The summed E-state index contributed by atoms with van der Waals surface area (Å²) in [7, 11) is 0. The summed E-state index contributed by atoms with van der Waals surface area (Å²) in [6.07, 6.45) is 4.57. The molecule has 0 aliphatic rings. The number of carbonyl (C=O) groups is 1. The Morgan fingerprint density at radius 2 is 1.59 bits per heavy atom. The number of benzene rings is 2. The lowest BCUT2D eigenvalue weighted by Crippen LogP contribution is -1.95. The quantitative estimate of drug-likeness (QED) is 0.524. The molecule has 0 radical (unpaired) electrons. The summed E-state index contributed by atoms with van der Waals surface area (Å²) in [5.74, 6) is 0.599. The van der Waals surface area contributed by atoms with E-state index >= 15 is 0 Å². The minimum Gasteiger partial charge on any atom is -0.508 e. The molecule has 0 saturated heterocycles. The summed E-state index contributed by atoms with van der Waals surface area (Å²) in [4.78, 5) is 8.36. The molecule has 2 N–H and O–H groups in total. The van der Waals surface area contributed by atoms with Crippen LogP contribution < -0.4 is 0 Å². The predicted molar refractivity (Wildman–Crippen MR) is 116 cm³/mol. The van der Waals surface area contributed by atoms with Crippen molar-refractivity contribution in [2.24, 2.45) is 0 Å². The molecule has 0 spiro atoms. The monoisotopic (exact) mass is 410 g/mol. The molecule has 2 aromatic rings. The van der Waals surface area contributed by atoms with E-state index in [1.807, 2.05) is 57.2 Å². The van der Waals surface area contributed by atoms with Gasteiger partial charge in [-0.15, -0.1) is 0 Å². The van der Waals surface area contributed by atoms with Crippen molar-refractivity contribution < 1.29 is 15.0 Å². The zero-order valence-electron chi connectivity index (χ0n) is 16.5. The average molecular weight is 411 g/mol. The molecule has 0 aliphatic heterocycles. The summed E-state index contributed by atoms with van der Waals surface area (Å²) in [5, 5.41) is 18.1. The van der Waals surface area contributed by atoms with E-state index in [2.05, 4.69) is 13.8 Å². The Balaban J connectivity index is 0.00000123. The van der Waals surface area contributed by atoms with Gasteiger partial charge >= 0.3 is 0 Å². The second-order valence-corrected chi connectivity index (χ2v) is 6.61. The van der Waals surface area contributed by atoms with Crippen molar-refractivity contribution in [2.45, 2.75) is 47.0 Å². The lowest BCUT2D eigenvalue weighted by molar-refractivity contribution is -0.122. The van der Waals surface area contributed by atoms with Gasteiger partial charge in [0.1, 0.15) is 5.75 Å². The number of carboxylic acid groups (broad SMARTS) is 1. The standard InChI is InChI=1S/C19H20Cl2O.C2H6.CH2O2/c1-4-5-13-10-17(20)16(18(21)11-13)9-14-6-7-19(22)15(8-14)12(2)3;1-2;2-1-3/h4-8,10-12,22H,9H2,1-3H3;1-2H3;1H,(H,2,3)/b5-4+;;. The lowest BCUT2D eigenvalue weighted by Gasteiger charge is -2.13. The van der Waals surface area contributed by atoms with Gasteiger partial charge in [-0.2, -0.15) is 0 Å². The van der Waals surface area contributed by atoms with Gasteiger partial charge in [0.05, 0.1) is 0 Å². The first-order valence-electron chi connectivity index (χ1n) is 8.84. The zero-order chi connectivity index (χ0) is 21.0. The molecule has 2 rings (SSSR count). The van der Waals surface area contributed by atoms with Crippen LogP contribution in [-0.4, -0.2) is 16.7 Å². The van der Waals surface area contributed by atoms with Crippen molar-refractivity contribution in [3.05, 3.63) is 68.7 Å². The maximum Gasteiger partial charge on any atom is 0.290 e. The van der Waals surface area contributed by atoms with Gasteiger partial charge in [0.25, 0.3) is 6.47 Å². The lowest BCUT2D eigenvalue weighted by atomic mass is 9.96. The number of hydrogen-bond acceptors (Lipinski definition) is 2. The molecule has 148 valence electrons. The van der Waals surface area contributed by atoms with Gasteiger partial charge in [-0.05, 0) is 53.3 Å². The molecule has 2 aromatic carbocycles. The molecule has 5 heteroatoms. The SMILES string of the molecule is C/C=C/c1cc(Cl)c(Cc2ccc(O)c(C(C)C)c2)c(Cl)c1.CC.O=CO. The molecule has 0 heterocycles. The van der Waals surface area contributed by atoms with Crippen LogP contribution in [-0.2, 0) is 11.2 Å². The molecular formula is C22H28Cl2O3. The van der Waals surface area contributed by atoms with Crippen LogP contribution in [0.5, 0.6) is 5.75 Å². The maximum atomic E-state index is 9.92. The predicted octanol–water partition coefficient (Wildman–Crippen LogP) is 7.17. The van der Waals surface area contributed by atoms with Gasteiger partial charge in [-0.25, -0.2) is 0 Å². The number of phenols is 1.